The maximum atomic E-state index is 13.2. The molecule has 0 unspecified atom stereocenters. The molecule has 16 heavy (non-hydrogen) atoms. The highest BCUT2D eigenvalue weighted by Gasteiger charge is 2.33. The number of imidazole rings is 1. The van der Waals surface area contributed by atoms with Gasteiger partial charge in [-0.25, -0.2) is 9.37 Å². The van der Waals surface area contributed by atoms with Gasteiger partial charge in [0.15, 0.2) is 0 Å². The number of hydrogen-bond donors (Lipinski definition) is 1. The van der Waals surface area contributed by atoms with Gasteiger partial charge in [-0.2, -0.15) is 13.2 Å². The molecule has 0 amide bonds. The van der Waals surface area contributed by atoms with E-state index in [9.17, 15) is 17.6 Å². The van der Waals surface area contributed by atoms with Crippen LogP contribution in [0.3, 0.4) is 0 Å². The van der Waals surface area contributed by atoms with Gasteiger partial charge in [0.05, 0.1) is 11.8 Å². The molecule has 2 rings (SSSR count). The number of nitrogens with one attached hydrogen (secondary N) is 1. The molecule has 0 saturated carbocycles. The molecule has 1 N–H and O–H groups in total. The van der Waals surface area contributed by atoms with Gasteiger partial charge in [0, 0.05) is 0 Å². The Bertz CT molecular complexity index is 502. The summed E-state index contributed by atoms with van der Waals surface area (Å²) in [5.74, 6) is -0.754. The average Bonchev–Trinajstić information content (AvgIpc) is 2.66. The lowest BCUT2D eigenvalue weighted by Crippen LogP contribution is -2.04. The minimum atomic E-state index is -4.50. The molecule has 1 aromatic carbocycles. The zero-order chi connectivity index (χ0) is 11.8. The van der Waals surface area contributed by atoms with Crippen LogP contribution < -0.4 is 0 Å². The lowest BCUT2D eigenvalue weighted by atomic mass is 10.2. The highest BCUT2D eigenvalue weighted by molar-refractivity contribution is 5.55. The van der Waals surface area contributed by atoms with Crippen molar-refractivity contribution >= 4 is 0 Å². The van der Waals surface area contributed by atoms with E-state index >= 15 is 0 Å². The molecule has 0 aliphatic carbocycles. The van der Waals surface area contributed by atoms with Gasteiger partial charge in [-0.15, -0.1) is 0 Å². The Hall–Kier alpha value is -1.85. The first kappa shape index (κ1) is 10.7. The number of hydrogen-bond acceptors (Lipinski definition) is 1. The van der Waals surface area contributed by atoms with E-state index in [-0.39, 0.29) is 11.4 Å². The van der Waals surface area contributed by atoms with Crippen LogP contribution in [0, 0.1) is 5.82 Å². The van der Waals surface area contributed by atoms with Crippen molar-refractivity contribution in [2.45, 2.75) is 6.18 Å². The Balaban J connectivity index is 2.44. The molecule has 0 saturated heterocycles. The number of benzene rings is 1. The van der Waals surface area contributed by atoms with Crippen LogP contribution in [-0.4, -0.2) is 9.97 Å². The van der Waals surface area contributed by atoms with E-state index in [0.29, 0.717) is 6.20 Å². The quantitative estimate of drug-likeness (QED) is 0.748. The molecule has 0 aliphatic heterocycles. The van der Waals surface area contributed by atoms with Crippen LogP contribution in [0.5, 0.6) is 0 Å². The zero-order valence-electron chi connectivity index (χ0n) is 7.85. The number of alkyl halides is 3. The third-order valence-electron chi connectivity index (χ3n) is 2.01. The summed E-state index contributed by atoms with van der Waals surface area (Å²) in [6.07, 6.45) is -3.86. The van der Waals surface area contributed by atoms with Gasteiger partial charge in [-0.05, 0) is 12.1 Å². The lowest BCUT2D eigenvalue weighted by Gasteiger charge is -2.01. The molecule has 0 aliphatic rings. The smallest absolute Gasteiger partial charge is 0.334 e. The van der Waals surface area contributed by atoms with Crippen molar-refractivity contribution in [3.8, 4) is 11.4 Å². The molecule has 0 atom stereocenters. The van der Waals surface area contributed by atoms with E-state index in [1.165, 1.54) is 18.2 Å². The topological polar surface area (TPSA) is 28.7 Å². The summed E-state index contributed by atoms with van der Waals surface area (Å²) in [5, 5.41) is 0. The zero-order valence-corrected chi connectivity index (χ0v) is 7.85. The number of aromatic amines is 1. The second kappa shape index (κ2) is 3.62. The standard InChI is InChI=1S/C10H6F4N2/c11-7-4-2-1-3-6(7)9-15-5-8(16-9)10(12,13)14/h1-5H,(H,15,16). The van der Waals surface area contributed by atoms with E-state index < -0.39 is 17.7 Å². The van der Waals surface area contributed by atoms with Crippen molar-refractivity contribution in [2.24, 2.45) is 0 Å². The van der Waals surface area contributed by atoms with Crippen molar-refractivity contribution in [3.63, 3.8) is 0 Å². The van der Waals surface area contributed by atoms with Gasteiger partial charge < -0.3 is 4.98 Å². The van der Waals surface area contributed by atoms with Crippen LogP contribution >= 0.6 is 0 Å². The minimum Gasteiger partial charge on any atom is -0.334 e. The van der Waals surface area contributed by atoms with Gasteiger partial charge in [-0.3, -0.25) is 0 Å². The van der Waals surface area contributed by atoms with E-state index in [1.807, 2.05) is 4.98 Å². The van der Waals surface area contributed by atoms with Crippen LogP contribution in [0.1, 0.15) is 5.69 Å². The first-order valence-electron chi connectivity index (χ1n) is 4.35. The molecule has 2 nitrogen and oxygen atoms in total. The van der Waals surface area contributed by atoms with Crippen molar-refractivity contribution in [1.82, 2.24) is 9.97 Å². The Morgan fingerprint density at radius 1 is 1.12 bits per heavy atom. The largest absolute Gasteiger partial charge is 0.432 e. The fourth-order valence-corrected chi connectivity index (χ4v) is 1.26. The monoisotopic (exact) mass is 230 g/mol. The third kappa shape index (κ3) is 1.91. The predicted molar refractivity (Wildman–Crippen MR) is 49.0 cm³/mol. The van der Waals surface area contributed by atoms with Crippen LogP contribution in [0.15, 0.2) is 30.5 Å². The predicted octanol–water partition coefficient (Wildman–Crippen LogP) is 3.23. The van der Waals surface area contributed by atoms with Gasteiger partial charge >= 0.3 is 6.18 Å². The molecule has 1 aromatic heterocycles. The average molecular weight is 230 g/mol. The molecule has 2 aromatic rings. The number of halogens is 4. The van der Waals surface area contributed by atoms with Crippen molar-refractivity contribution in [2.75, 3.05) is 0 Å². The van der Waals surface area contributed by atoms with Crippen molar-refractivity contribution in [3.05, 3.63) is 42.0 Å². The SMILES string of the molecule is Fc1ccccc1-c1ncc(C(F)(F)F)[nH]1. The molecule has 0 spiro atoms. The van der Waals surface area contributed by atoms with E-state index in [1.54, 1.807) is 0 Å². The highest BCUT2D eigenvalue weighted by atomic mass is 19.4. The highest BCUT2D eigenvalue weighted by Crippen LogP contribution is 2.29. The Morgan fingerprint density at radius 2 is 1.81 bits per heavy atom. The molecule has 6 heteroatoms. The molecule has 0 radical (unpaired) electrons. The molecule has 84 valence electrons. The summed E-state index contributed by atoms with van der Waals surface area (Å²) >= 11 is 0. The Labute approximate surface area is 87.9 Å². The maximum absolute atomic E-state index is 13.2. The summed E-state index contributed by atoms with van der Waals surface area (Å²) in [6.45, 7) is 0. The summed E-state index contributed by atoms with van der Waals surface area (Å²) in [6, 6.07) is 5.49. The molecule has 1 heterocycles. The van der Waals surface area contributed by atoms with Crippen molar-refractivity contribution < 1.29 is 17.6 Å². The summed E-state index contributed by atoms with van der Waals surface area (Å²) < 4.78 is 50.0. The van der Waals surface area contributed by atoms with E-state index in [0.717, 1.165) is 6.07 Å². The van der Waals surface area contributed by atoms with Crippen LogP contribution in [-0.2, 0) is 6.18 Å². The van der Waals surface area contributed by atoms with Gasteiger partial charge in [-0.1, -0.05) is 12.1 Å². The van der Waals surface area contributed by atoms with Gasteiger partial charge in [0.25, 0.3) is 0 Å². The van der Waals surface area contributed by atoms with Gasteiger partial charge in [0.1, 0.15) is 17.3 Å². The second-order valence-corrected chi connectivity index (χ2v) is 3.12. The third-order valence-corrected chi connectivity index (χ3v) is 2.01. The molecular weight excluding hydrogens is 224 g/mol. The molecular formula is C10H6F4N2. The van der Waals surface area contributed by atoms with Crippen LogP contribution in [0.2, 0.25) is 0 Å². The number of aromatic nitrogens is 2. The van der Waals surface area contributed by atoms with Crippen LogP contribution in [0.4, 0.5) is 17.6 Å². The van der Waals surface area contributed by atoms with E-state index in [2.05, 4.69) is 4.98 Å². The Morgan fingerprint density at radius 3 is 2.38 bits per heavy atom. The summed E-state index contributed by atoms with van der Waals surface area (Å²) in [7, 11) is 0. The number of nitrogens with zero attached hydrogens (tertiary/aromatic N) is 1. The van der Waals surface area contributed by atoms with Crippen LogP contribution in [0.25, 0.3) is 11.4 Å². The number of H-pyrrole nitrogens is 1. The first-order valence-corrected chi connectivity index (χ1v) is 4.35. The molecule has 0 fully saturated rings. The number of rotatable bonds is 1. The molecule has 0 bridgehead atoms. The summed E-state index contributed by atoms with van der Waals surface area (Å²) in [5.41, 5.74) is -0.983. The lowest BCUT2D eigenvalue weighted by molar-refractivity contribution is -0.140. The maximum Gasteiger partial charge on any atom is 0.432 e. The van der Waals surface area contributed by atoms with Gasteiger partial charge in [0.2, 0.25) is 0 Å². The second-order valence-electron chi connectivity index (χ2n) is 3.12. The minimum absolute atomic E-state index is 0.0120. The Kier molecular flexibility index (Phi) is 2.41. The fourth-order valence-electron chi connectivity index (χ4n) is 1.26. The van der Waals surface area contributed by atoms with Crippen molar-refractivity contribution in [1.29, 1.82) is 0 Å². The summed E-state index contributed by atoms with van der Waals surface area (Å²) in [4.78, 5) is 5.53. The normalized spacial score (nSPS) is 11.8. The fraction of sp³-hybridized carbons (Fsp3) is 0.100. The first-order chi connectivity index (χ1) is 7.48. The van der Waals surface area contributed by atoms with E-state index in [4.69, 9.17) is 0 Å².